The van der Waals surface area contributed by atoms with Crippen LogP contribution in [0.2, 0.25) is 0 Å². The molecule has 10 heteroatoms. The summed E-state index contributed by atoms with van der Waals surface area (Å²) < 4.78 is 46.5. The van der Waals surface area contributed by atoms with Crippen LogP contribution in [0.15, 0.2) is 29.2 Å². The van der Waals surface area contributed by atoms with Gasteiger partial charge in [0.1, 0.15) is 16.3 Å². The van der Waals surface area contributed by atoms with Gasteiger partial charge in [0.2, 0.25) is 15.9 Å². The normalized spacial score (nSPS) is 33.7. The summed E-state index contributed by atoms with van der Waals surface area (Å²) in [4.78, 5) is 24.4. The fraction of sp³-hybridized carbons (Fsp3) is 0.652. The summed E-state index contributed by atoms with van der Waals surface area (Å²) in [5.41, 5.74) is 4.03. The van der Waals surface area contributed by atoms with Crippen LogP contribution in [0.1, 0.15) is 44.9 Å². The monoisotopic (exact) mass is 479 g/mol. The number of hydrogen-bond acceptors (Lipinski definition) is 5. The van der Waals surface area contributed by atoms with Gasteiger partial charge >= 0.3 is 6.09 Å². The molecule has 4 bridgehead atoms. The minimum absolute atomic E-state index is 0.00883. The highest BCUT2D eigenvalue weighted by Gasteiger charge is 2.59. The summed E-state index contributed by atoms with van der Waals surface area (Å²) in [6, 6.07) is 5.25. The van der Waals surface area contributed by atoms with Gasteiger partial charge < -0.3 is 15.8 Å². The van der Waals surface area contributed by atoms with E-state index in [0.717, 1.165) is 29.6 Å². The lowest BCUT2D eigenvalue weighted by molar-refractivity contribution is -0.149. The van der Waals surface area contributed by atoms with E-state index in [0.29, 0.717) is 31.6 Å². The maximum absolute atomic E-state index is 14.1. The van der Waals surface area contributed by atoms with Crippen molar-refractivity contribution < 1.29 is 27.1 Å². The van der Waals surface area contributed by atoms with Crippen LogP contribution in [0.25, 0.3) is 0 Å². The molecule has 5 fully saturated rings. The zero-order valence-electron chi connectivity index (χ0n) is 18.6. The zero-order chi connectivity index (χ0) is 23.6. The van der Waals surface area contributed by atoms with E-state index in [-0.39, 0.29) is 35.2 Å². The smallest absolute Gasteiger partial charge is 0.405 e. The molecule has 1 aromatic rings. The third kappa shape index (κ3) is 3.90. The summed E-state index contributed by atoms with van der Waals surface area (Å²) in [5, 5.41) is 3.24. The third-order valence-electron chi connectivity index (χ3n) is 8.22. The van der Waals surface area contributed by atoms with Crippen molar-refractivity contribution >= 4 is 22.0 Å². The molecule has 0 spiro atoms. The number of primary amides is 1. The molecule has 0 aromatic heterocycles. The molecule has 180 valence electrons. The fourth-order valence-electron chi connectivity index (χ4n) is 6.77. The van der Waals surface area contributed by atoms with E-state index in [9.17, 15) is 22.4 Å². The zero-order valence-corrected chi connectivity index (χ0v) is 19.4. The quantitative estimate of drug-likeness (QED) is 0.622. The second kappa shape index (κ2) is 7.66. The minimum Gasteiger partial charge on any atom is -0.443 e. The van der Waals surface area contributed by atoms with E-state index in [1.165, 1.54) is 25.2 Å². The number of halogens is 1. The van der Waals surface area contributed by atoms with Gasteiger partial charge in [0, 0.05) is 19.6 Å². The molecule has 6 rings (SSSR count). The molecule has 2 amide bonds. The number of nitrogens with zero attached hydrogens (tertiary/aromatic N) is 1. The van der Waals surface area contributed by atoms with Crippen LogP contribution in [0.5, 0.6) is 0 Å². The van der Waals surface area contributed by atoms with Gasteiger partial charge in [0.15, 0.2) is 0 Å². The van der Waals surface area contributed by atoms with Crippen molar-refractivity contribution in [3.05, 3.63) is 30.1 Å². The van der Waals surface area contributed by atoms with Crippen molar-refractivity contribution in [3.63, 3.8) is 0 Å². The number of rotatable bonds is 7. The van der Waals surface area contributed by atoms with Gasteiger partial charge in [0.05, 0.1) is 5.41 Å². The van der Waals surface area contributed by atoms with E-state index in [1.54, 1.807) is 0 Å². The Labute approximate surface area is 193 Å². The first kappa shape index (κ1) is 22.6. The molecule has 33 heavy (non-hydrogen) atoms. The standard InChI is InChI=1S/C23H30FN3O5S/c1-27(33(30,31)18-5-3-2-4-17(18)24)13-22(6-7-22)20(28)26-19-15-8-14-9-16(19)12-23(10-14,11-15)32-21(25)29/h2-5,14-16,19H,6-13H2,1H3,(H2,25,29)(H,26,28). The van der Waals surface area contributed by atoms with E-state index < -0.39 is 32.9 Å². The van der Waals surface area contributed by atoms with E-state index in [1.807, 2.05) is 0 Å². The number of nitrogens with two attached hydrogens (primary N) is 1. The van der Waals surface area contributed by atoms with Crippen molar-refractivity contribution in [1.82, 2.24) is 9.62 Å². The Morgan fingerprint density at radius 3 is 2.39 bits per heavy atom. The molecule has 0 heterocycles. The lowest BCUT2D eigenvalue weighted by Crippen LogP contribution is -2.63. The molecule has 1 aromatic carbocycles. The maximum atomic E-state index is 14.1. The Morgan fingerprint density at radius 1 is 1.18 bits per heavy atom. The Hall–Kier alpha value is -2.20. The lowest BCUT2D eigenvalue weighted by atomic mass is 9.52. The first-order valence-corrected chi connectivity index (χ1v) is 13.0. The summed E-state index contributed by atoms with van der Waals surface area (Å²) in [6.07, 6.45) is 4.65. The Kier molecular flexibility index (Phi) is 5.24. The Balaban J connectivity index is 1.27. The maximum Gasteiger partial charge on any atom is 0.405 e. The molecular weight excluding hydrogens is 449 g/mol. The predicted octanol–water partition coefficient (Wildman–Crippen LogP) is 2.39. The third-order valence-corrected chi connectivity index (χ3v) is 10.1. The molecule has 8 nitrogen and oxygen atoms in total. The highest BCUT2D eigenvalue weighted by molar-refractivity contribution is 7.89. The Morgan fingerprint density at radius 2 is 1.82 bits per heavy atom. The van der Waals surface area contributed by atoms with Gasteiger partial charge in [-0.3, -0.25) is 4.79 Å². The molecule has 0 radical (unpaired) electrons. The van der Waals surface area contributed by atoms with Gasteiger partial charge in [-0.25, -0.2) is 17.6 Å². The highest BCUT2D eigenvalue weighted by atomic mass is 32.2. The van der Waals surface area contributed by atoms with Gasteiger partial charge in [-0.15, -0.1) is 0 Å². The first-order valence-electron chi connectivity index (χ1n) is 11.5. The molecule has 0 saturated heterocycles. The number of carbonyl (C=O) groups is 2. The van der Waals surface area contributed by atoms with Gasteiger partial charge in [-0.1, -0.05) is 12.1 Å². The topological polar surface area (TPSA) is 119 Å². The minimum atomic E-state index is -4.05. The second-order valence-electron chi connectivity index (χ2n) is 10.5. The van der Waals surface area contributed by atoms with Crippen molar-refractivity contribution in [2.24, 2.45) is 28.9 Å². The van der Waals surface area contributed by atoms with Crippen LogP contribution in [-0.4, -0.2) is 50.0 Å². The summed E-state index contributed by atoms with van der Waals surface area (Å²) >= 11 is 0. The molecule has 5 aliphatic carbocycles. The van der Waals surface area contributed by atoms with Crippen LogP contribution in [-0.2, 0) is 19.6 Å². The van der Waals surface area contributed by atoms with E-state index in [2.05, 4.69) is 5.32 Å². The number of ether oxygens (including phenoxy) is 1. The number of nitrogens with one attached hydrogen (secondary N) is 1. The molecule has 2 atom stereocenters. The van der Waals surface area contributed by atoms with Crippen molar-refractivity contribution in [2.75, 3.05) is 13.6 Å². The van der Waals surface area contributed by atoms with Crippen LogP contribution >= 0.6 is 0 Å². The van der Waals surface area contributed by atoms with Crippen LogP contribution in [0, 0.1) is 29.0 Å². The summed E-state index contributed by atoms with van der Waals surface area (Å²) in [6.45, 7) is 0.00883. The number of carbonyl (C=O) groups excluding carboxylic acids is 2. The molecule has 0 aliphatic heterocycles. The van der Waals surface area contributed by atoms with Gasteiger partial charge in [-0.2, -0.15) is 4.31 Å². The number of hydrogen-bond donors (Lipinski definition) is 2. The van der Waals surface area contributed by atoms with Crippen LogP contribution in [0.3, 0.4) is 0 Å². The molecule has 2 unspecified atom stereocenters. The van der Waals surface area contributed by atoms with E-state index >= 15 is 0 Å². The lowest BCUT2D eigenvalue weighted by Gasteiger charge is -2.59. The van der Waals surface area contributed by atoms with Crippen molar-refractivity contribution in [3.8, 4) is 0 Å². The van der Waals surface area contributed by atoms with Crippen molar-refractivity contribution in [1.29, 1.82) is 0 Å². The highest BCUT2D eigenvalue weighted by Crippen LogP contribution is 2.57. The largest absolute Gasteiger partial charge is 0.443 e. The predicted molar refractivity (Wildman–Crippen MR) is 117 cm³/mol. The summed E-state index contributed by atoms with van der Waals surface area (Å²) in [7, 11) is -2.66. The van der Waals surface area contributed by atoms with Gasteiger partial charge in [0.25, 0.3) is 0 Å². The summed E-state index contributed by atoms with van der Waals surface area (Å²) in [5.74, 6) is -0.0350. The van der Waals surface area contributed by atoms with Crippen LogP contribution < -0.4 is 11.1 Å². The molecule has 5 saturated carbocycles. The Bertz CT molecular complexity index is 1070. The second-order valence-corrected chi connectivity index (χ2v) is 12.6. The van der Waals surface area contributed by atoms with Crippen molar-refractivity contribution in [2.45, 2.75) is 61.5 Å². The number of sulfonamides is 1. The van der Waals surface area contributed by atoms with E-state index in [4.69, 9.17) is 10.5 Å². The molecule has 5 aliphatic rings. The molecular formula is C23H30FN3O5S. The average Bonchev–Trinajstić information content (AvgIpc) is 3.50. The fourth-order valence-corrected chi connectivity index (χ4v) is 8.09. The van der Waals surface area contributed by atoms with Gasteiger partial charge in [-0.05, 0) is 74.8 Å². The molecule has 3 N–H and O–H groups in total. The number of benzene rings is 1. The van der Waals surface area contributed by atoms with Crippen LogP contribution in [0.4, 0.5) is 9.18 Å². The SMILES string of the molecule is CN(CC1(C(=O)NC2C3CC4CC2CC(OC(N)=O)(C4)C3)CC1)S(=O)(=O)c1ccccc1F. The number of amides is 2. The average molecular weight is 480 g/mol. The first-order chi connectivity index (χ1) is 15.5.